The zero-order chi connectivity index (χ0) is 20.3. The van der Waals surface area contributed by atoms with Crippen molar-refractivity contribution in [1.29, 1.82) is 0 Å². The molecule has 2 amide bonds. The van der Waals surface area contributed by atoms with Gasteiger partial charge in [0.1, 0.15) is 6.04 Å². The van der Waals surface area contributed by atoms with E-state index in [-0.39, 0.29) is 17.9 Å². The van der Waals surface area contributed by atoms with Gasteiger partial charge in [-0.3, -0.25) is 9.59 Å². The molecule has 5 nitrogen and oxygen atoms in total. The highest BCUT2D eigenvalue weighted by Crippen LogP contribution is 2.29. The van der Waals surface area contributed by atoms with Crippen molar-refractivity contribution in [3.8, 4) is 0 Å². The van der Waals surface area contributed by atoms with Gasteiger partial charge in [-0.2, -0.15) is 0 Å². The first-order valence-corrected chi connectivity index (χ1v) is 9.84. The van der Waals surface area contributed by atoms with Crippen molar-refractivity contribution in [2.45, 2.75) is 52.2 Å². The van der Waals surface area contributed by atoms with Crippen molar-refractivity contribution in [3.05, 3.63) is 64.7 Å². The Balaban J connectivity index is 1.96. The summed E-state index contributed by atoms with van der Waals surface area (Å²) in [7, 11) is 1.74. The van der Waals surface area contributed by atoms with Crippen molar-refractivity contribution in [2.24, 2.45) is 0 Å². The number of benzene rings is 2. The van der Waals surface area contributed by atoms with Crippen LogP contribution in [-0.2, 0) is 22.6 Å². The molecule has 0 aromatic heterocycles. The number of carbonyl (C=O) groups excluding carboxylic acids is 2. The Hall–Kier alpha value is -2.66. The van der Waals surface area contributed by atoms with Crippen LogP contribution >= 0.6 is 0 Å². The standard InChI is InChI=1S/C23H29N3O2/c1-15-8-7-9-16(2)19(15)14-26-21-11-6-5-10-18(21)12-13-20(23(26)28)25-22(27)17(3)24-4/h5-11,17,20,24H,12-14H2,1-4H3,(H,25,27). The molecule has 0 aliphatic carbocycles. The zero-order valence-electron chi connectivity index (χ0n) is 17.1. The number of fused-ring (bicyclic) bond motifs is 1. The van der Waals surface area contributed by atoms with Gasteiger partial charge in [0.2, 0.25) is 11.8 Å². The molecule has 1 aliphatic heterocycles. The lowest BCUT2D eigenvalue weighted by Crippen LogP contribution is -2.52. The first kappa shape index (κ1) is 20.1. The summed E-state index contributed by atoms with van der Waals surface area (Å²) in [6, 6.07) is 13.4. The molecule has 5 heteroatoms. The lowest BCUT2D eigenvalue weighted by Gasteiger charge is -2.28. The van der Waals surface area contributed by atoms with Gasteiger partial charge in [0.25, 0.3) is 0 Å². The summed E-state index contributed by atoms with van der Waals surface area (Å²) in [5.41, 5.74) is 5.56. The summed E-state index contributed by atoms with van der Waals surface area (Å²) >= 11 is 0. The number of nitrogens with one attached hydrogen (secondary N) is 2. The molecule has 1 aliphatic rings. The highest BCUT2D eigenvalue weighted by molar-refractivity contribution is 6.00. The number of anilines is 1. The summed E-state index contributed by atoms with van der Waals surface area (Å²) < 4.78 is 0. The quantitative estimate of drug-likeness (QED) is 0.840. The fraction of sp³-hybridized carbons (Fsp3) is 0.391. The van der Waals surface area contributed by atoms with Crippen LogP contribution in [0.3, 0.4) is 0 Å². The average molecular weight is 380 g/mol. The molecular weight excluding hydrogens is 350 g/mol. The fourth-order valence-corrected chi connectivity index (χ4v) is 3.70. The van der Waals surface area contributed by atoms with E-state index in [0.717, 1.165) is 23.2 Å². The lowest BCUT2D eigenvalue weighted by molar-refractivity contribution is -0.128. The number of hydrogen-bond donors (Lipinski definition) is 2. The largest absolute Gasteiger partial charge is 0.343 e. The van der Waals surface area contributed by atoms with Crippen LogP contribution in [-0.4, -0.2) is 30.9 Å². The van der Waals surface area contributed by atoms with Crippen LogP contribution in [0.1, 0.15) is 35.6 Å². The van der Waals surface area contributed by atoms with Crippen LogP contribution in [0.4, 0.5) is 5.69 Å². The van der Waals surface area contributed by atoms with Gasteiger partial charge in [0.15, 0.2) is 0 Å². The van der Waals surface area contributed by atoms with Gasteiger partial charge in [0.05, 0.1) is 12.6 Å². The predicted octanol–water partition coefficient (Wildman–Crippen LogP) is 2.88. The molecule has 0 radical (unpaired) electrons. The maximum absolute atomic E-state index is 13.5. The van der Waals surface area contributed by atoms with E-state index in [0.29, 0.717) is 13.0 Å². The topological polar surface area (TPSA) is 61.4 Å². The van der Waals surface area contributed by atoms with Gasteiger partial charge in [0, 0.05) is 5.69 Å². The number of likely N-dealkylation sites (N-methyl/N-ethyl adjacent to an activating group) is 1. The molecule has 0 bridgehead atoms. The number of rotatable bonds is 5. The predicted molar refractivity (Wildman–Crippen MR) is 112 cm³/mol. The van der Waals surface area contributed by atoms with Gasteiger partial charge in [-0.1, -0.05) is 36.4 Å². The van der Waals surface area contributed by atoms with Crippen molar-refractivity contribution in [2.75, 3.05) is 11.9 Å². The third-order valence-corrected chi connectivity index (χ3v) is 5.65. The molecule has 28 heavy (non-hydrogen) atoms. The second-order valence-electron chi connectivity index (χ2n) is 7.53. The van der Waals surface area contributed by atoms with Crippen LogP contribution < -0.4 is 15.5 Å². The highest BCUT2D eigenvalue weighted by Gasteiger charge is 2.32. The minimum Gasteiger partial charge on any atom is -0.343 e. The molecule has 2 N–H and O–H groups in total. The number of aryl methyl sites for hydroxylation is 3. The number of hydrogen-bond acceptors (Lipinski definition) is 3. The monoisotopic (exact) mass is 379 g/mol. The van der Waals surface area contributed by atoms with E-state index in [1.165, 1.54) is 11.1 Å². The molecule has 3 rings (SSSR count). The minimum absolute atomic E-state index is 0.0516. The Morgan fingerprint density at radius 2 is 1.82 bits per heavy atom. The third-order valence-electron chi connectivity index (χ3n) is 5.65. The second-order valence-corrected chi connectivity index (χ2v) is 7.53. The summed E-state index contributed by atoms with van der Waals surface area (Å²) in [6.45, 7) is 6.44. The Bertz CT molecular complexity index is 858. The normalized spacial score (nSPS) is 17.6. The molecule has 1 heterocycles. The van der Waals surface area contributed by atoms with E-state index in [2.05, 4.69) is 42.7 Å². The Labute approximate surface area is 167 Å². The van der Waals surface area contributed by atoms with E-state index in [4.69, 9.17) is 0 Å². The zero-order valence-corrected chi connectivity index (χ0v) is 17.1. The van der Waals surface area contributed by atoms with E-state index in [9.17, 15) is 9.59 Å². The minimum atomic E-state index is -0.528. The molecule has 2 atom stereocenters. The van der Waals surface area contributed by atoms with Gasteiger partial charge < -0.3 is 15.5 Å². The molecule has 0 spiro atoms. The van der Waals surface area contributed by atoms with Gasteiger partial charge >= 0.3 is 0 Å². The SMILES string of the molecule is CNC(C)C(=O)NC1CCc2ccccc2N(Cc2c(C)cccc2C)C1=O. The van der Waals surface area contributed by atoms with Crippen LogP contribution in [0.5, 0.6) is 0 Å². The van der Waals surface area contributed by atoms with E-state index >= 15 is 0 Å². The number of amides is 2. The molecule has 2 unspecified atom stereocenters. The summed E-state index contributed by atoms with van der Waals surface area (Å²) in [4.78, 5) is 27.7. The van der Waals surface area contributed by atoms with Crippen LogP contribution in [0, 0.1) is 13.8 Å². The van der Waals surface area contributed by atoms with E-state index in [1.54, 1.807) is 14.0 Å². The van der Waals surface area contributed by atoms with E-state index < -0.39 is 6.04 Å². The van der Waals surface area contributed by atoms with Crippen molar-refractivity contribution < 1.29 is 9.59 Å². The first-order valence-electron chi connectivity index (χ1n) is 9.84. The third kappa shape index (κ3) is 4.09. The van der Waals surface area contributed by atoms with Crippen molar-refractivity contribution in [1.82, 2.24) is 10.6 Å². The van der Waals surface area contributed by atoms with Crippen LogP contribution in [0.2, 0.25) is 0 Å². The molecule has 2 aromatic carbocycles. The first-order chi connectivity index (χ1) is 13.4. The van der Waals surface area contributed by atoms with E-state index in [1.807, 2.05) is 29.2 Å². The highest BCUT2D eigenvalue weighted by atomic mass is 16.2. The molecule has 0 saturated carbocycles. The number of carbonyl (C=O) groups is 2. The lowest BCUT2D eigenvalue weighted by atomic mass is 10.0. The Kier molecular flexibility index (Phi) is 6.15. The van der Waals surface area contributed by atoms with Gasteiger partial charge in [-0.25, -0.2) is 0 Å². The van der Waals surface area contributed by atoms with Crippen molar-refractivity contribution >= 4 is 17.5 Å². The Morgan fingerprint density at radius 1 is 1.14 bits per heavy atom. The number of para-hydroxylation sites is 1. The molecule has 2 aromatic rings. The van der Waals surface area contributed by atoms with Crippen LogP contribution in [0.25, 0.3) is 0 Å². The molecule has 148 valence electrons. The maximum atomic E-state index is 13.5. The summed E-state index contributed by atoms with van der Waals surface area (Å²) in [6.07, 6.45) is 1.35. The maximum Gasteiger partial charge on any atom is 0.249 e. The smallest absolute Gasteiger partial charge is 0.249 e. The molecule has 0 fully saturated rings. The molecular formula is C23H29N3O2. The molecule has 0 saturated heterocycles. The summed E-state index contributed by atoms with van der Waals surface area (Å²) in [5.74, 6) is -0.205. The number of nitrogens with zero attached hydrogens (tertiary/aromatic N) is 1. The van der Waals surface area contributed by atoms with Gasteiger partial charge in [-0.05, 0) is 69.0 Å². The Morgan fingerprint density at radius 3 is 2.50 bits per heavy atom. The van der Waals surface area contributed by atoms with Gasteiger partial charge in [-0.15, -0.1) is 0 Å². The van der Waals surface area contributed by atoms with Crippen LogP contribution in [0.15, 0.2) is 42.5 Å². The second kappa shape index (κ2) is 8.57. The fourth-order valence-electron chi connectivity index (χ4n) is 3.70. The summed E-state index contributed by atoms with van der Waals surface area (Å²) in [5, 5.41) is 5.88. The average Bonchev–Trinajstić information content (AvgIpc) is 2.82. The van der Waals surface area contributed by atoms with Crippen molar-refractivity contribution in [3.63, 3.8) is 0 Å².